The van der Waals surface area contributed by atoms with Crippen LogP contribution in [0.4, 0.5) is 0 Å². The average molecular weight is 333 g/mol. The summed E-state index contributed by atoms with van der Waals surface area (Å²) in [6.45, 7) is 5.08. The Bertz CT molecular complexity index is 610. The van der Waals surface area contributed by atoms with Crippen LogP contribution in [0.15, 0.2) is 4.99 Å². The molecule has 8 heteroatoms. The number of aromatic nitrogens is 3. The largest absolute Gasteiger partial charge is 0.352 e. The number of aliphatic imine (C=N–C) groups is 1. The standard InChI is InChI=1S/C16H27N7O/c1-3-15(24)22-9-7-12(11-22)19-16(17-2)18-10-14-21-20-13-6-4-5-8-23(13)14/h12H,3-11H2,1-2H3,(H2,17,18,19). The van der Waals surface area contributed by atoms with Crippen molar-refractivity contribution in [2.75, 3.05) is 20.1 Å². The molecule has 0 aliphatic carbocycles. The van der Waals surface area contributed by atoms with Gasteiger partial charge in [0.2, 0.25) is 5.91 Å². The molecule has 1 amide bonds. The van der Waals surface area contributed by atoms with Crippen molar-refractivity contribution in [3.8, 4) is 0 Å². The van der Waals surface area contributed by atoms with Gasteiger partial charge >= 0.3 is 0 Å². The second kappa shape index (κ2) is 7.63. The molecule has 2 aliphatic rings. The first kappa shape index (κ1) is 16.7. The summed E-state index contributed by atoms with van der Waals surface area (Å²) in [6, 6.07) is 0.249. The highest BCUT2D eigenvalue weighted by molar-refractivity contribution is 5.80. The number of hydrogen-bond acceptors (Lipinski definition) is 4. The second-order valence-electron chi connectivity index (χ2n) is 6.39. The van der Waals surface area contributed by atoms with Crippen molar-refractivity contribution in [1.29, 1.82) is 0 Å². The Labute approximate surface area is 142 Å². The zero-order chi connectivity index (χ0) is 16.9. The Morgan fingerprint density at radius 1 is 1.33 bits per heavy atom. The molecule has 0 bridgehead atoms. The fraction of sp³-hybridized carbons (Fsp3) is 0.750. The number of likely N-dealkylation sites (tertiary alicyclic amines) is 1. The lowest BCUT2D eigenvalue weighted by atomic mass is 10.2. The molecule has 0 radical (unpaired) electrons. The Hall–Kier alpha value is -2.12. The van der Waals surface area contributed by atoms with Crippen LogP contribution in [-0.2, 0) is 24.3 Å². The van der Waals surface area contributed by atoms with E-state index in [0.29, 0.717) is 13.0 Å². The van der Waals surface area contributed by atoms with Crippen LogP contribution in [0.1, 0.15) is 44.3 Å². The number of aryl methyl sites for hydroxylation is 1. The fourth-order valence-corrected chi connectivity index (χ4v) is 3.38. The van der Waals surface area contributed by atoms with Gasteiger partial charge in [0.15, 0.2) is 11.8 Å². The highest BCUT2D eigenvalue weighted by Gasteiger charge is 2.26. The van der Waals surface area contributed by atoms with Crippen molar-refractivity contribution < 1.29 is 4.79 Å². The molecule has 0 aromatic carbocycles. The summed E-state index contributed by atoms with van der Waals surface area (Å²) in [5.41, 5.74) is 0. The maximum absolute atomic E-state index is 11.8. The van der Waals surface area contributed by atoms with Gasteiger partial charge in [-0.2, -0.15) is 0 Å². The number of amides is 1. The van der Waals surface area contributed by atoms with Gasteiger partial charge in [0.05, 0.1) is 6.54 Å². The molecule has 0 spiro atoms. The third-order valence-corrected chi connectivity index (χ3v) is 4.76. The minimum Gasteiger partial charge on any atom is -0.352 e. The minimum atomic E-state index is 0.220. The zero-order valence-corrected chi connectivity index (χ0v) is 14.6. The number of guanidine groups is 1. The van der Waals surface area contributed by atoms with Crippen LogP contribution in [0.3, 0.4) is 0 Å². The van der Waals surface area contributed by atoms with Crippen LogP contribution in [0.25, 0.3) is 0 Å². The van der Waals surface area contributed by atoms with Crippen LogP contribution in [0.2, 0.25) is 0 Å². The summed E-state index contributed by atoms with van der Waals surface area (Å²) < 4.78 is 2.21. The molecule has 3 rings (SSSR count). The number of fused-ring (bicyclic) bond motifs is 1. The van der Waals surface area contributed by atoms with Crippen LogP contribution < -0.4 is 10.6 Å². The molecule has 2 aliphatic heterocycles. The fourth-order valence-electron chi connectivity index (χ4n) is 3.38. The maximum atomic E-state index is 11.8. The summed E-state index contributed by atoms with van der Waals surface area (Å²) in [5, 5.41) is 15.3. The molecule has 132 valence electrons. The molecule has 1 unspecified atom stereocenters. The van der Waals surface area contributed by atoms with Crippen LogP contribution >= 0.6 is 0 Å². The van der Waals surface area contributed by atoms with Crippen molar-refractivity contribution in [3.63, 3.8) is 0 Å². The summed E-state index contributed by atoms with van der Waals surface area (Å²) in [7, 11) is 1.76. The molecular weight excluding hydrogens is 306 g/mol. The van der Waals surface area contributed by atoms with Crippen molar-refractivity contribution >= 4 is 11.9 Å². The van der Waals surface area contributed by atoms with E-state index in [0.717, 1.165) is 50.1 Å². The highest BCUT2D eigenvalue weighted by atomic mass is 16.2. The number of nitrogens with zero attached hydrogens (tertiary/aromatic N) is 5. The quantitative estimate of drug-likeness (QED) is 0.611. The van der Waals surface area contributed by atoms with E-state index in [4.69, 9.17) is 0 Å². The number of rotatable bonds is 4. The molecule has 0 saturated carbocycles. The third-order valence-electron chi connectivity index (χ3n) is 4.76. The molecule has 1 aromatic heterocycles. The summed E-state index contributed by atoms with van der Waals surface area (Å²) >= 11 is 0. The van der Waals surface area contributed by atoms with E-state index in [1.54, 1.807) is 7.05 Å². The Kier molecular flexibility index (Phi) is 5.32. The van der Waals surface area contributed by atoms with E-state index in [9.17, 15) is 4.79 Å². The molecule has 1 atom stereocenters. The smallest absolute Gasteiger partial charge is 0.222 e. The Balaban J connectivity index is 1.51. The number of hydrogen-bond donors (Lipinski definition) is 2. The third kappa shape index (κ3) is 3.68. The SMILES string of the molecule is CCC(=O)N1CCC(NC(=NC)NCc2nnc3n2CCCC3)C1. The van der Waals surface area contributed by atoms with Crippen molar-refractivity contribution in [2.24, 2.45) is 4.99 Å². The monoisotopic (exact) mass is 333 g/mol. The second-order valence-corrected chi connectivity index (χ2v) is 6.39. The van der Waals surface area contributed by atoms with Crippen molar-refractivity contribution in [1.82, 2.24) is 30.3 Å². The van der Waals surface area contributed by atoms with Gasteiger partial charge in [0, 0.05) is 45.6 Å². The molecule has 8 nitrogen and oxygen atoms in total. The van der Waals surface area contributed by atoms with Crippen LogP contribution in [0.5, 0.6) is 0 Å². The van der Waals surface area contributed by atoms with Gasteiger partial charge < -0.3 is 20.1 Å². The molecular formula is C16H27N7O. The van der Waals surface area contributed by atoms with Gasteiger partial charge in [0.1, 0.15) is 5.82 Å². The van der Waals surface area contributed by atoms with Crippen LogP contribution in [-0.4, -0.2) is 57.7 Å². The van der Waals surface area contributed by atoms with Gasteiger partial charge in [-0.1, -0.05) is 6.92 Å². The molecule has 24 heavy (non-hydrogen) atoms. The zero-order valence-electron chi connectivity index (χ0n) is 14.6. The van der Waals surface area contributed by atoms with E-state index in [-0.39, 0.29) is 11.9 Å². The number of carbonyl (C=O) groups excluding carboxylic acids is 1. The van der Waals surface area contributed by atoms with E-state index in [2.05, 4.69) is 30.4 Å². The Morgan fingerprint density at radius 2 is 2.21 bits per heavy atom. The van der Waals surface area contributed by atoms with Gasteiger partial charge in [-0.25, -0.2) is 0 Å². The van der Waals surface area contributed by atoms with Crippen molar-refractivity contribution in [3.05, 3.63) is 11.6 Å². The molecule has 2 N–H and O–H groups in total. The van der Waals surface area contributed by atoms with E-state index < -0.39 is 0 Å². The van der Waals surface area contributed by atoms with E-state index in [1.807, 2.05) is 11.8 Å². The van der Waals surface area contributed by atoms with Gasteiger partial charge in [-0.05, 0) is 19.3 Å². The van der Waals surface area contributed by atoms with E-state index >= 15 is 0 Å². The lowest BCUT2D eigenvalue weighted by Gasteiger charge is -2.19. The lowest BCUT2D eigenvalue weighted by Crippen LogP contribution is -2.45. The van der Waals surface area contributed by atoms with Crippen molar-refractivity contribution in [2.45, 2.75) is 58.2 Å². The average Bonchev–Trinajstić information content (AvgIpc) is 3.25. The topological polar surface area (TPSA) is 87.4 Å². The molecule has 1 aromatic rings. The Morgan fingerprint density at radius 3 is 3.00 bits per heavy atom. The first-order chi connectivity index (χ1) is 11.7. The lowest BCUT2D eigenvalue weighted by molar-refractivity contribution is -0.129. The van der Waals surface area contributed by atoms with Gasteiger partial charge in [-0.15, -0.1) is 10.2 Å². The number of nitrogens with one attached hydrogen (secondary N) is 2. The summed E-state index contributed by atoms with van der Waals surface area (Å²) in [5.74, 6) is 3.02. The first-order valence-corrected chi connectivity index (χ1v) is 8.87. The maximum Gasteiger partial charge on any atom is 0.222 e. The molecule has 1 saturated heterocycles. The summed E-state index contributed by atoms with van der Waals surface area (Å²) in [6.07, 6.45) is 4.92. The van der Waals surface area contributed by atoms with E-state index in [1.165, 1.54) is 12.8 Å². The van der Waals surface area contributed by atoms with Crippen LogP contribution in [0, 0.1) is 0 Å². The predicted molar refractivity (Wildman–Crippen MR) is 91.6 cm³/mol. The molecule has 1 fully saturated rings. The van der Waals surface area contributed by atoms with Gasteiger partial charge in [-0.3, -0.25) is 9.79 Å². The predicted octanol–water partition coefficient (Wildman–Crippen LogP) is 0.290. The normalized spacial score (nSPS) is 20.8. The van der Waals surface area contributed by atoms with Gasteiger partial charge in [0.25, 0.3) is 0 Å². The molecule has 3 heterocycles. The first-order valence-electron chi connectivity index (χ1n) is 8.87. The highest BCUT2D eigenvalue weighted by Crippen LogP contribution is 2.14. The summed E-state index contributed by atoms with van der Waals surface area (Å²) in [4.78, 5) is 18.0. The number of carbonyl (C=O) groups is 1. The minimum absolute atomic E-state index is 0.220.